The van der Waals surface area contributed by atoms with Crippen molar-refractivity contribution in [3.05, 3.63) is 54.2 Å². The van der Waals surface area contributed by atoms with Crippen LogP contribution in [0.15, 0.2) is 43.0 Å². The van der Waals surface area contributed by atoms with Gasteiger partial charge in [0.05, 0.1) is 5.69 Å². The number of hydrogen-bond donors (Lipinski definition) is 1. The number of hydrogen-bond acceptors (Lipinski definition) is 4. The minimum Gasteiger partial charge on any atom is -0.364 e. The summed E-state index contributed by atoms with van der Waals surface area (Å²) in [7, 11) is 0. The first-order chi connectivity index (χ1) is 8.83. The first kappa shape index (κ1) is 10.7. The van der Waals surface area contributed by atoms with E-state index in [2.05, 4.69) is 20.4 Å². The Kier molecular flexibility index (Phi) is 2.64. The molecular formula is C13H13N5. The summed E-state index contributed by atoms with van der Waals surface area (Å²) in [4.78, 5) is 8.43. The predicted molar refractivity (Wildman–Crippen MR) is 69.3 cm³/mol. The molecule has 0 saturated heterocycles. The van der Waals surface area contributed by atoms with E-state index in [0.717, 1.165) is 22.6 Å². The summed E-state index contributed by atoms with van der Waals surface area (Å²) in [5.41, 5.74) is 3.09. The second-order valence-corrected chi connectivity index (χ2v) is 4.11. The van der Waals surface area contributed by atoms with Gasteiger partial charge in [0.15, 0.2) is 5.82 Å². The molecule has 90 valence electrons. The van der Waals surface area contributed by atoms with Gasteiger partial charge in [0.2, 0.25) is 0 Å². The van der Waals surface area contributed by atoms with E-state index in [1.807, 2.05) is 42.0 Å². The Labute approximate surface area is 105 Å². The lowest BCUT2D eigenvalue weighted by molar-refractivity contribution is 0.919. The summed E-state index contributed by atoms with van der Waals surface area (Å²) >= 11 is 0. The Morgan fingerprint density at radius 2 is 2.28 bits per heavy atom. The molecule has 5 nitrogen and oxygen atoms in total. The van der Waals surface area contributed by atoms with Crippen LogP contribution in [0, 0.1) is 6.92 Å². The van der Waals surface area contributed by atoms with Gasteiger partial charge in [-0.15, -0.1) is 0 Å². The first-order valence-electron chi connectivity index (χ1n) is 5.77. The van der Waals surface area contributed by atoms with Gasteiger partial charge in [-0.2, -0.15) is 5.10 Å². The van der Waals surface area contributed by atoms with Crippen molar-refractivity contribution >= 4 is 11.3 Å². The molecule has 0 aliphatic carbocycles. The van der Waals surface area contributed by atoms with Crippen molar-refractivity contribution in [3.8, 4) is 0 Å². The zero-order valence-electron chi connectivity index (χ0n) is 10.0. The number of fused-ring (bicyclic) bond motifs is 1. The smallest absolute Gasteiger partial charge is 0.152 e. The van der Waals surface area contributed by atoms with Gasteiger partial charge in [-0.3, -0.25) is 4.98 Å². The molecule has 0 spiro atoms. The first-order valence-corrected chi connectivity index (χ1v) is 5.77. The number of aryl methyl sites for hydroxylation is 1. The standard InChI is InChI=1S/C13H13N5/c1-10-7-12-13(15-5-6-18(12)17-10)16-9-11-3-2-4-14-8-11/h2-8H,9H2,1H3,(H,15,16). The summed E-state index contributed by atoms with van der Waals surface area (Å²) in [5, 5.41) is 7.66. The fourth-order valence-corrected chi connectivity index (χ4v) is 1.87. The number of aromatic nitrogens is 4. The van der Waals surface area contributed by atoms with E-state index in [9.17, 15) is 0 Å². The molecule has 3 aromatic heterocycles. The molecule has 0 aliphatic heterocycles. The van der Waals surface area contributed by atoms with Crippen molar-refractivity contribution in [2.45, 2.75) is 13.5 Å². The van der Waals surface area contributed by atoms with E-state index < -0.39 is 0 Å². The van der Waals surface area contributed by atoms with Gasteiger partial charge < -0.3 is 5.32 Å². The average Bonchev–Trinajstić information content (AvgIpc) is 2.78. The lowest BCUT2D eigenvalue weighted by Crippen LogP contribution is -2.03. The molecule has 3 heterocycles. The maximum absolute atomic E-state index is 4.35. The maximum Gasteiger partial charge on any atom is 0.152 e. The number of nitrogens with one attached hydrogen (secondary N) is 1. The van der Waals surface area contributed by atoms with E-state index in [0.29, 0.717) is 6.54 Å². The third kappa shape index (κ3) is 2.02. The van der Waals surface area contributed by atoms with Gasteiger partial charge in [0.25, 0.3) is 0 Å². The number of pyridine rings is 1. The summed E-state index contributed by atoms with van der Waals surface area (Å²) in [6.45, 7) is 2.67. The van der Waals surface area contributed by atoms with Crippen LogP contribution in [0.3, 0.4) is 0 Å². The highest BCUT2D eigenvalue weighted by Gasteiger charge is 2.04. The highest BCUT2D eigenvalue weighted by atomic mass is 15.2. The Hall–Kier alpha value is -2.43. The topological polar surface area (TPSA) is 55.1 Å². The van der Waals surface area contributed by atoms with Crippen LogP contribution in [0.1, 0.15) is 11.3 Å². The van der Waals surface area contributed by atoms with Crippen molar-refractivity contribution < 1.29 is 0 Å². The largest absolute Gasteiger partial charge is 0.364 e. The summed E-state index contributed by atoms with van der Waals surface area (Å²) < 4.78 is 1.83. The fraction of sp³-hybridized carbons (Fsp3) is 0.154. The molecule has 0 unspecified atom stereocenters. The molecule has 3 rings (SSSR count). The maximum atomic E-state index is 4.35. The molecule has 0 aliphatic rings. The second-order valence-electron chi connectivity index (χ2n) is 4.11. The highest BCUT2D eigenvalue weighted by Crippen LogP contribution is 2.15. The van der Waals surface area contributed by atoms with Crippen molar-refractivity contribution in [2.24, 2.45) is 0 Å². The molecule has 0 amide bonds. The molecule has 0 fully saturated rings. The minimum absolute atomic E-state index is 0.699. The minimum atomic E-state index is 0.699. The Morgan fingerprint density at radius 3 is 3.11 bits per heavy atom. The van der Waals surface area contributed by atoms with E-state index in [4.69, 9.17) is 0 Å². The van der Waals surface area contributed by atoms with Crippen molar-refractivity contribution in [1.82, 2.24) is 19.6 Å². The van der Waals surface area contributed by atoms with E-state index in [1.54, 1.807) is 12.4 Å². The van der Waals surface area contributed by atoms with Gasteiger partial charge in [-0.25, -0.2) is 9.50 Å². The van der Waals surface area contributed by atoms with Gasteiger partial charge in [-0.1, -0.05) is 6.07 Å². The predicted octanol–water partition coefficient (Wildman–Crippen LogP) is 2.04. The zero-order valence-corrected chi connectivity index (χ0v) is 10.0. The number of anilines is 1. The van der Waals surface area contributed by atoms with Crippen molar-refractivity contribution in [2.75, 3.05) is 5.32 Å². The third-order valence-corrected chi connectivity index (χ3v) is 2.69. The van der Waals surface area contributed by atoms with Gasteiger partial charge in [-0.05, 0) is 24.6 Å². The van der Waals surface area contributed by atoms with Crippen LogP contribution in [0.5, 0.6) is 0 Å². The van der Waals surface area contributed by atoms with Gasteiger partial charge in [0, 0.05) is 31.3 Å². The van der Waals surface area contributed by atoms with Crippen molar-refractivity contribution in [1.29, 1.82) is 0 Å². The lowest BCUT2D eigenvalue weighted by atomic mass is 10.3. The second kappa shape index (κ2) is 4.44. The summed E-state index contributed by atoms with van der Waals surface area (Å²) in [6, 6.07) is 5.97. The molecule has 0 saturated carbocycles. The van der Waals surface area contributed by atoms with Crippen LogP contribution in [-0.4, -0.2) is 19.6 Å². The molecule has 1 N–H and O–H groups in total. The quantitative estimate of drug-likeness (QED) is 0.760. The molecule has 5 heteroatoms. The Morgan fingerprint density at radius 1 is 1.33 bits per heavy atom. The van der Waals surface area contributed by atoms with Crippen LogP contribution in [-0.2, 0) is 6.54 Å². The molecule has 0 bridgehead atoms. The van der Waals surface area contributed by atoms with Crippen LogP contribution >= 0.6 is 0 Å². The summed E-state index contributed by atoms with van der Waals surface area (Å²) in [5.74, 6) is 0.835. The fourth-order valence-electron chi connectivity index (χ4n) is 1.87. The zero-order chi connectivity index (χ0) is 12.4. The van der Waals surface area contributed by atoms with Crippen molar-refractivity contribution in [3.63, 3.8) is 0 Å². The Balaban J connectivity index is 1.86. The molecule has 0 aromatic carbocycles. The van der Waals surface area contributed by atoms with Gasteiger partial charge in [0.1, 0.15) is 5.52 Å². The van der Waals surface area contributed by atoms with Gasteiger partial charge >= 0.3 is 0 Å². The number of nitrogens with zero attached hydrogens (tertiary/aromatic N) is 4. The third-order valence-electron chi connectivity index (χ3n) is 2.69. The lowest BCUT2D eigenvalue weighted by Gasteiger charge is -2.06. The summed E-state index contributed by atoms with van der Waals surface area (Å²) in [6.07, 6.45) is 7.19. The SMILES string of the molecule is Cc1cc2c(NCc3cccnc3)nccn2n1. The van der Waals surface area contributed by atoms with Crippen LogP contribution in [0.4, 0.5) is 5.82 Å². The highest BCUT2D eigenvalue weighted by molar-refractivity contribution is 5.67. The van der Waals surface area contributed by atoms with E-state index >= 15 is 0 Å². The van der Waals surface area contributed by atoms with E-state index in [1.165, 1.54) is 0 Å². The molecule has 18 heavy (non-hydrogen) atoms. The molecule has 0 atom stereocenters. The monoisotopic (exact) mass is 239 g/mol. The molecular weight excluding hydrogens is 226 g/mol. The normalized spacial score (nSPS) is 10.7. The van der Waals surface area contributed by atoms with Crippen LogP contribution < -0.4 is 5.32 Å². The van der Waals surface area contributed by atoms with Crippen LogP contribution in [0.2, 0.25) is 0 Å². The van der Waals surface area contributed by atoms with Crippen LogP contribution in [0.25, 0.3) is 5.52 Å². The Bertz CT molecular complexity index is 659. The number of rotatable bonds is 3. The van der Waals surface area contributed by atoms with E-state index in [-0.39, 0.29) is 0 Å². The average molecular weight is 239 g/mol. The molecule has 3 aromatic rings. The molecule has 0 radical (unpaired) electrons.